The van der Waals surface area contributed by atoms with Crippen molar-refractivity contribution >= 4 is 48.1 Å². The summed E-state index contributed by atoms with van der Waals surface area (Å²) in [5, 5.41) is 0. The van der Waals surface area contributed by atoms with Gasteiger partial charge in [0.05, 0.1) is 0 Å². The van der Waals surface area contributed by atoms with Crippen molar-refractivity contribution < 1.29 is 47.0 Å². The monoisotopic (exact) mass is 227 g/mol. The SMILES string of the molecule is O=S(=O)([O-])[O-].[Ca+2].[Cl-].[Fe+2]. The minimum Gasteiger partial charge on any atom is -1.00 e. The molecule has 0 saturated carbocycles. The Hall–Kier alpha value is 1.94. The van der Waals surface area contributed by atoms with Crippen LogP contribution in [-0.2, 0) is 27.5 Å². The molecule has 4 nitrogen and oxygen atoms in total. The van der Waals surface area contributed by atoms with Gasteiger partial charge in [0.25, 0.3) is 0 Å². The number of rotatable bonds is 0. The normalized spacial score (nSPS) is 7.25. The van der Waals surface area contributed by atoms with Gasteiger partial charge in [0.15, 0.2) is 0 Å². The Morgan fingerprint density at radius 3 is 1.12 bits per heavy atom. The van der Waals surface area contributed by atoms with Crippen LogP contribution in [-0.4, -0.2) is 55.3 Å². The Bertz CT molecular complexity index is 99.2. The van der Waals surface area contributed by atoms with Gasteiger partial charge in [-0.15, -0.1) is 0 Å². The van der Waals surface area contributed by atoms with E-state index in [1.807, 2.05) is 0 Å². The van der Waals surface area contributed by atoms with Gasteiger partial charge >= 0.3 is 54.8 Å². The molecule has 0 rings (SSSR count). The van der Waals surface area contributed by atoms with E-state index in [1.165, 1.54) is 0 Å². The maximum atomic E-state index is 8.52. The molecule has 0 aliphatic heterocycles. The fraction of sp³-hybridized carbons (Fsp3) is 0. The van der Waals surface area contributed by atoms with E-state index in [-0.39, 0.29) is 67.2 Å². The van der Waals surface area contributed by atoms with Gasteiger partial charge in [-0.05, 0) is 0 Å². The van der Waals surface area contributed by atoms with E-state index in [2.05, 4.69) is 0 Å². The van der Waals surface area contributed by atoms with Crippen molar-refractivity contribution in [3.05, 3.63) is 0 Å². The van der Waals surface area contributed by atoms with Crippen LogP contribution in [0.4, 0.5) is 0 Å². The van der Waals surface area contributed by atoms with Crippen LogP contribution in [0.3, 0.4) is 0 Å². The molecule has 0 aliphatic carbocycles. The van der Waals surface area contributed by atoms with Crippen molar-refractivity contribution in [1.82, 2.24) is 0 Å². The van der Waals surface area contributed by atoms with Crippen molar-refractivity contribution in [2.75, 3.05) is 0 Å². The van der Waals surface area contributed by atoms with E-state index < -0.39 is 10.4 Å². The van der Waals surface area contributed by atoms with Crippen LogP contribution in [0.1, 0.15) is 0 Å². The number of hydrogen-bond donors (Lipinski definition) is 0. The molecular formula is CaClFeO4S+. The van der Waals surface area contributed by atoms with Crippen LogP contribution in [0.15, 0.2) is 0 Å². The average molecular weight is 227 g/mol. The standard InChI is InChI=1S/Ca.ClH.Fe.H2O4S/c;;;1-5(2,3)4/h;1H;;(H2,1,2,3,4)/q+2;;+2;/p-3. The topological polar surface area (TPSA) is 80.3 Å². The molecule has 46 valence electrons. The number of hydrogen-bond acceptors (Lipinski definition) is 4. The molecule has 0 fully saturated rings. The first kappa shape index (κ1) is 22.5. The van der Waals surface area contributed by atoms with E-state index in [0.29, 0.717) is 0 Å². The molecule has 0 aromatic carbocycles. The molecular weight excluding hydrogens is 227 g/mol. The van der Waals surface area contributed by atoms with Crippen molar-refractivity contribution in [3.8, 4) is 0 Å². The summed E-state index contributed by atoms with van der Waals surface area (Å²) in [5.41, 5.74) is 0. The van der Waals surface area contributed by atoms with Gasteiger partial charge in [-0.25, -0.2) is 0 Å². The zero-order valence-corrected chi connectivity index (χ0v) is 8.36. The summed E-state index contributed by atoms with van der Waals surface area (Å²) in [7, 11) is -5.17. The van der Waals surface area contributed by atoms with Crippen LogP contribution >= 0.6 is 0 Å². The van der Waals surface area contributed by atoms with E-state index in [4.69, 9.17) is 17.5 Å². The summed E-state index contributed by atoms with van der Waals surface area (Å²) in [5.74, 6) is 0. The molecule has 0 radical (unpaired) electrons. The molecule has 0 unspecified atom stereocenters. The quantitative estimate of drug-likeness (QED) is 0.237. The maximum absolute atomic E-state index is 8.52. The Balaban J connectivity index is -0.0000000267. The molecule has 0 heterocycles. The average Bonchev–Trinajstić information content (AvgIpc) is 0.722. The van der Waals surface area contributed by atoms with Crippen molar-refractivity contribution in [3.63, 3.8) is 0 Å². The maximum Gasteiger partial charge on any atom is 2.00 e. The van der Waals surface area contributed by atoms with E-state index in [1.54, 1.807) is 0 Å². The van der Waals surface area contributed by atoms with Gasteiger partial charge in [-0.2, -0.15) is 0 Å². The first-order valence-corrected chi connectivity index (χ1v) is 2.00. The summed E-state index contributed by atoms with van der Waals surface area (Å²) in [6, 6.07) is 0. The predicted molar refractivity (Wildman–Crippen MR) is 16.2 cm³/mol. The minimum atomic E-state index is -5.17. The second-order valence-corrected chi connectivity index (χ2v) is 1.22. The molecule has 0 aliphatic rings. The smallest absolute Gasteiger partial charge is 1.00 e. The molecule has 0 saturated heterocycles. The second-order valence-electron chi connectivity index (χ2n) is 0.408. The zero-order valence-electron chi connectivity index (χ0n) is 3.48. The molecule has 8 heavy (non-hydrogen) atoms. The Morgan fingerprint density at radius 2 is 1.12 bits per heavy atom. The minimum absolute atomic E-state index is 0. The Morgan fingerprint density at radius 1 is 1.12 bits per heavy atom. The van der Waals surface area contributed by atoms with Crippen molar-refractivity contribution in [2.45, 2.75) is 0 Å². The third-order valence-electron chi connectivity index (χ3n) is 0. The van der Waals surface area contributed by atoms with E-state index >= 15 is 0 Å². The summed E-state index contributed by atoms with van der Waals surface area (Å²) < 4.78 is 34.1. The molecule has 0 atom stereocenters. The first-order chi connectivity index (χ1) is 2.00. The molecule has 0 bridgehead atoms. The van der Waals surface area contributed by atoms with Crippen molar-refractivity contribution in [1.29, 1.82) is 0 Å². The van der Waals surface area contributed by atoms with Gasteiger partial charge in [-0.3, -0.25) is 8.42 Å². The summed E-state index contributed by atoms with van der Waals surface area (Å²) in [6.07, 6.45) is 0. The van der Waals surface area contributed by atoms with Crippen molar-refractivity contribution in [2.24, 2.45) is 0 Å². The van der Waals surface area contributed by atoms with Crippen LogP contribution in [0.25, 0.3) is 0 Å². The largest absolute Gasteiger partial charge is 2.00 e. The van der Waals surface area contributed by atoms with Crippen LogP contribution in [0.2, 0.25) is 0 Å². The summed E-state index contributed by atoms with van der Waals surface area (Å²) in [6.45, 7) is 0. The zero-order chi connectivity index (χ0) is 4.50. The molecule has 8 heteroatoms. The first-order valence-electron chi connectivity index (χ1n) is 0.667. The van der Waals surface area contributed by atoms with Gasteiger partial charge in [0.1, 0.15) is 0 Å². The second kappa shape index (κ2) is 8.94. The predicted octanol–water partition coefficient (Wildman–Crippen LogP) is -4.72. The van der Waals surface area contributed by atoms with Crippen LogP contribution in [0, 0.1) is 0 Å². The summed E-state index contributed by atoms with van der Waals surface area (Å²) in [4.78, 5) is 0. The van der Waals surface area contributed by atoms with E-state index in [9.17, 15) is 0 Å². The fourth-order valence-electron chi connectivity index (χ4n) is 0. The van der Waals surface area contributed by atoms with E-state index in [0.717, 1.165) is 0 Å². The summed E-state index contributed by atoms with van der Waals surface area (Å²) >= 11 is 0. The Labute approximate surface area is 93.9 Å². The van der Waals surface area contributed by atoms with Gasteiger partial charge in [0.2, 0.25) is 0 Å². The van der Waals surface area contributed by atoms with Crippen LogP contribution < -0.4 is 12.4 Å². The third-order valence-corrected chi connectivity index (χ3v) is 0. The number of halogens is 1. The van der Waals surface area contributed by atoms with Crippen LogP contribution in [0.5, 0.6) is 0 Å². The molecule has 0 aromatic heterocycles. The fourth-order valence-corrected chi connectivity index (χ4v) is 0. The molecule has 0 spiro atoms. The molecule has 0 aromatic rings. The Kier molecular flexibility index (Phi) is 25.2. The van der Waals surface area contributed by atoms with Gasteiger partial charge in [0, 0.05) is 10.4 Å². The third kappa shape index (κ3) is 102. The van der Waals surface area contributed by atoms with Gasteiger partial charge in [-0.1, -0.05) is 0 Å². The van der Waals surface area contributed by atoms with Gasteiger partial charge < -0.3 is 21.5 Å². The molecule has 0 N–H and O–H groups in total. The molecule has 0 amide bonds.